The molecule has 0 bridgehead atoms. The molecule has 130 valence electrons. The minimum absolute atomic E-state index is 0.0230. The molecule has 1 aliphatic rings. The minimum atomic E-state index is -0.564. The summed E-state index contributed by atoms with van der Waals surface area (Å²) in [6, 6.07) is 3.10. The average molecular weight is 334 g/mol. The Balaban J connectivity index is 2.59. The van der Waals surface area contributed by atoms with Gasteiger partial charge < -0.3 is 14.2 Å². The van der Waals surface area contributed by atoms with Gasteiger partial charge >= 0.3 is 11.9 Å². The number of carbonyl (C=O) groups is 3. The van der Waals surface area contributed by atoms with Crippen LogP contribution in [0.4, 0.5) is 0 Å². The molecule has 0 fully saturated rings. The van der Waals surface area contributed by atoms with Gasteiger partial charge in [-0.3, -0.25) is 14.4 Å². The number of benzene rings is 1. The first-order valence-electron chi connectivity index (χ1n) is 7.79. The van der Waals surface area contributed by atoms with Gasteiger partial charge in [-0.1, -0.05) is 0 Å². The molecule has 0 amide bonds. The highest BCUT2D eigenvalue weighted by Crippen LogP contribution is 2.43. The lowest BCUT2D eigenvalue weighted by Crippen LogP contribution is -2.29. The van der Waals surface area contributed by atoms with Crippen LogP contribution in [0.25, 0.3) is 0 Å². The maximum Gasteiger partial charge on any atom is 0.308 e. The Labute approximate surface area is 141 Å². The quantitative estimate of drug-likeness (QED) is 0.625. The first-order valence-corrected chi connectivity index (χ1v) is 7.79. The zero-order valence-corrected chi connectivity index (χ0v) is 14.6. The van der Waals surface area contributed by atoms with E-state index >= 15 is 0 Å². The molecule has 1 unspecified atom stereocenters. The normalized spacial score (nSPS) is 17.2. The molecule has 0 aliphatic heterocycles. The molecular formula is C18H22O6. The maximum absolute atomic E-state index is 12.2. The number of Topliss-reactive ketones (excluding diaryl/α,β-unsaturated/α-hetero) is 1. The lowest BCUT2D eigenvalue weighted by molar-refractivity contribution is -0.134. The van der Waals surface area contributed by atoms with Gasteiger partial charge in [-0.25, -0.2) is 0 Å². The van der Waals surface area contributed by atoms with Crippen molar-refractivity contribution in [2.45, 2.75) is 59.2 Å². The van der Waals surface area contributed by atoms with E-state index in [4.69, 9.17) is 14.2 Å². The Morgan fingerprint density at radius 1 is 1.04 bits per heavy atom. The molecule has 1 aliphatic carbocycles. The van der Waals surface area contributed by atoms with Gasteiger partial charge in [0.2, 0.25) is 0 Å². The molecule has 0 heterocycles. The lowest BCUT2D eigenvalue weighted by Gasteiger charge is -2.33. The monoisotopic (exact) mass is 334 g/mol. The van der Waals surface area contributed by atoms with E-state index in [9.17, 15) is 14.4 Å². The highest BCUT2D eigenvalue weighted by atomic mass is 16.5. The van der Waals surface area contributed by atoms with Crippen molar-refractivity contribution in [3.05, 3.63) is 23.3 Å². The van der Waals surface area contributed by atoms with Crippen LogP contribution in [-0.2, 0) is 25.5 Å². The number of hydrogen-bond acceptors (Lipinski definition) is 6. The number of hydrogen-bond donors (Lipinski definition) is 0. The van der Waals surface area contributed by atoms with E-state index in [1.54, 1.807) is 6.07 Å². The minimum Gasteiger partial charge on any atom is -0.426 e. The first kappa shape index (κ1) is 18.1. The summed E-state index contributed by atoms with van der Waals surface area (Å²) in [6.45, 7) is 8.24. The fourth-order valence-electron chi connectivity index (χ4n) is 2.76. The fraction of sp³-hybridized carbons (Fsp3) is 0.500. The van der Waals surface area contributed by atoms with Crippen molar-refractivity contribution in [3.63, 3.8) is 0 Å². The predicted octanol–water partition coefficient (Wildman–Crippen LogP) is 2.91. The van der Waals surface area contributed by atoms with Crippen molar-refractivity contribution in [3.8, 4) is 11.5 Å². The van der Waals surface area contributed by atoms with Crippen molar-refractivity contribution in [2.24, 2.45) is 0 Å². The van der Waals surface area contributed by atoms with Crippen LogP contribution in [0.5, 0.6) is 11.5 Å². The maximum atomic E-state index is 12.2. The fourth-order valence-corrected chi connectivity index (χ4v) is 2.76. The summed E-state index contributed by atoms with van der Waals surface area (Å²) < 4.78 is 16.5. The average Bonchev–Trinajstić information content (AvgIpc) is 2.38. The second-order valence-electron chi connectivity index (χ2n) is 6.78. The molecule has 2 rings (SSSR count). The van der Waals surface area contributed by atoms with Crippen molar-refractivity contribution in [1.82, 2.24) is 0 Å². The molecule has 6 heteroatoms. The lowest BCUT2D eigenvalue weighted by atomic mass is 9.86. The Hall–Kier alpha value is -2.21. The summed E-state index contributed by atoms with van der Waals surface area (Å²) in [7, 11) is 0. The summed E-state index contributed by atoms with van der Waals surface area (Å²) in [5, 5.41) is 0. The molecule has 1 aromatic carbocycles. The summed E-state index contributed by atoms with van der Waals surface area (Å²) >= 11 is 0. The van der Waals surface area contributed by atoms with Crippen LogP contribution in [0.1, 0.15) is 58.3 Å². The van der Waals surface area contributed by atoms with Gasteiger partial charge in [0.15, 0.2) is 0 Å². The van der Waals surface area contributed by atoms with Gasteiger partial charge in [0.1, 0.15) is 17.3 Å². The van der Waals surface area contributed by atoms with E-state index in [0.29, 0.717) is 22.6 Å². The number of esters is 2. The third-order valence-electron chi connectivity index (χ3n) is 3.39. The topological polar surface area (TPSA) is 78.9 Å². The van der Waals surface area contributed by atoms with Crippen LogP contribution < -0.4 is 9.47 Å². The predicted molar refractivity (Wildman–Crippen MR) is 86.0 cm³/mol. The number of rotatable bonds is 3. The molecule has 6 nitrogen and oxygen atoms in total. The molecule has 0 spiro atoms. The molecule has 0 radical (unpaired) electrons. The summed E-state index contributed by atoms with van der Waals surface area (Å²) in [6.07, 6.45) is -0.273. The summed E-state index contributed by atoms with van der Waals surface area (Å²) in [5.41, 5.74) is 0.637. The van der Waals surface area contributed by atoms with Crippen molar-refractivity contribution in [2.75, 3.05) is 0 Å². The van der Waals surface area contributed by atoms with E-state index in [-0.39, 0.29) is 18.6 Å². The van der Waals surface area contributed by atoms with Gasteiger partial charge in [0.25, 0.3) is 0 Å². The van der Waals surface area contributed by atoms with Crippen LogP contribution in [0, 0.1) is 0 Å². The molecular weight excluding hydrogens is 312 g/mol. The molecule has 0 saturated carbocycles. The second-order valence-corrected chi connectivity index (χ2v) is 6.78. The second kappa shape index (κ2) is 6.73. The SMILES string of the molecule is CC(=O)Oc1ccc(OC(C)=O)c2c1CC(=O)CC2OC(C)(C)C. The summed E-state index contributed by atoms with van der Waals surface area (Å²) in [5.74, 6) is -0.350. The van der Waals surface area contributed by atoms with Gasteiger partial charge in [-0.05, 0) is 32.9 Å². The smallest absolute Gasteiger partial charge is 0.308 e. The number of ketones is 1. The third kappa shape index (κ3) is 4.41. The van der Waals surface area contributed by atoms with Gasteiger partial charge in [0, 0.05) is 37.8 Å². The molecule has 24 heavy (non-hydrogen) atoms. The van der Waals surface area contributed by atoms with E-state index in [2.05, 4.69) is 0 Å². The van der Waals surface area contributed by atoms with Crippen LogP contribution in [0.2, 0.25) is 0 Å². The zero-order valence-electron chi connectivity index (χ0n) is 14.6. The Kier molecular flexibility index (Phi) is 5.08. The van der Waals surface area contributed by atoms with Crippen LogP contribution in [0.3, 0.4) is 0 Å². The molecule has 0 N–H and O–H groups in total. The van der Waals surface area contributed by atoms with Crippen LogP contribution >= 0.6 is 0 Å². The Morgan fingerprint density at radius 2 is 1.58 bits per heavy atom. The van der Waals surface area contributed by atoms with E-state index in [0.717, 1.165) is 0 Å². The Morgan fingerprint density at radius 3 is 2.12 bits per heavy atom. The highest BCUT2D eigenvalue weighted by molar-refractivity contribution is 5.86. The molecule has 0 saturated heterocycles. The standard InChI is InChI=1S/C18H22O6/c1-10(19)22-14-6-7-15(23-11(2)20)17-13(14)8-12(21)9-16(17)24-18(3,4)5/h6-7,16H,8-9H2,1-5H3. The first-order chi connectivity index (χ1) is 11.1. The van der Waals surface area contributed by atoms with Crippen molar-refractivity contribution < 1.29 is 28.6 Å². The number of carbonyl (C=O) groups excluding carboxylic acids is 3. The summed E-state index contributed by atoms with van der Waals surface area (Å²) in [4.78, 5) is 34.9. The van der Waals surface area contributed by atoms with Crippen LogP contribution in [0.15, 0.2) is 12.1 Å². The molecule has 0 aromatic heterocycles. The third-order valence-corrected chi connectivity index (χ3v) is 3.39. The van der Waals surface area contributed by atoms with Gasteiger partial charge in [-0.2, -0.15) is 0 Å². The van der Waals surface area contributed by atoms with Gasteiger partial charge in [0.05, 0.1) is 11.7 Å². The van der Waals surface area contributed by atoms with E-state index in [1.807, 2.05) is 20.8 Å². The van der Waals surface area contributed by atoms with E-state index in [1.165, 1.54) is 19.9 Å². The van der Waals surface area contributed by atoms with Crippen molar-refractivity contribution >= 4 is 17.7 Å². The number of ether oxygens (including phenoxy) is 3. The van der Waals surface area contributed by atoms with Crippen molar-refractivity contribution in [1.29, 1.82) is 0 Å². The highest BCUT2D eigenvalue weighted by Gasteiger charge is 2.34. The molecule has 1 aromatic rings. The van der Waals surface area contributed by atoms with Gasteiger partial charge in [-0.15, -0.1) is 0 Å². The van der Waals surface area contributed by atoms with E-state index < -0.39 is 23.6 Å². The number of fused-ring (bicyclic) bond motifs is 1. The largest absolute Gasteiger partial charge is 0.426 e. The molecule has 1 atom stereocenters. The van der Waals surface area contributed by atoms with Crippen LogP contribution in [-0.4, -0.2) is 23.3 Å². The Bertz CT molecular complexity index is 683. The zero-order chi connectivity index (χ0) is 18.1.